The SMILES string of the molecule is CN[C@H]1CCN(C(=O)c2ccnc(C(=O)Nc3cccc([C@H](C)Cc4nncn4C)c3)c2)C1. The van der Waals surface area contributed by atoms with Crippen LogP contribution in [0.5, 0.6) is 0 Å². The van der Waals surface area contributed by atoms with Gasteiger partial charge in [0.2, 0.25) is 0 Å². The lowest BCUT2D eigenvalue weighted by Gasteiger charge is -2.17. The predicted octanol–water partition coefficient (Wildman–Crippen LogP) is 2.24. The Morgan fingerprint density at radius 3 is 2.82 bits per heavy atom. The Bertz CT molecular complexity index is 1140. The van der Waals surface area contributed by atoms with E-state index >= 15 is 0 Å². The molecule has 33 heavy (non-hydrogen) atoms. The maximum absolute atomic E-state index is 12.9. The van der Waals surface area contributed by atoms with E-state index in [1.165, 1.54) is 6.20 Å². The molecule has 0 aliphatic carbocycles. The summed E-state index contributed by atoms with van der Waals surface area (Å²) in [5, 5.41) is 14.2. The van der Waals surface area contributed by atoms with Gasteiger partial charge in [0.15, 0.2) is 0 Å². The van der Waals surface area contributed by atoms with Gasteiger partial charge in [0.05, 0.1) is 0 Å². The van der Waals surface area contributed by atoms with Gasteiger partial charge >= 0.3 is 0 Å². The second kappa shape index (κ2) is 9.91. The maximum atomic E-state index is 12.9. The number of rotatable bonds is 7. The van der Waals surface area contributed by atoms with Gasteiger partial charge < -0.3 is 20.1 Å². The number of hydrogen-bond donors (Lipinski definition) is 2. The summed E-state index contributed by atoms with van der Waals surface area (Å²) in [6.07, 6.45) is 4.86. The summed E-state index contributed by atoms with van der Waals surface area (Å²) in [5.74, 6) is 0.675. The monoisotopic (exact) mass is 447 g/mol. The van der Waals surface area contributed by atoms with Crippen LogP contribution in [0.2, 0.25) is 0 Å². The number of likely N-dealkylation sites (N-methyl/N-ethyl adjacent to an activating group) is 1. The highest BCUT2D eigenvalue weighted by Crippen LogP contribution is 2.23. The minimum absolute atomic E-state index is 0.0798. The number of likely N-dealkylation sites (tertiary alicyclic amines) is 1. The molecule has 2 amide bonds. The van der Waals surface area contributed by atoms with Crippen LogP contribution >= 0.6 is 0 Å². The molecule has 172 valence electrons. The van der Waals surface area contributed by atoms with Gasteiger partial charge in [-0.25, -0.2) is 0 Å². The van der Waals surface area contributed by atoms with Crippen LogP contribution in [0.25, 0.3) is 0 Å². The van der Waals surface area contributed by atoms with Crippen LogP contribution in [-0.4, -0.2) is 62.6 Å². The van der Waals surface area contributed by atoms with Gasteiger partial charge in [0.25, 0.3) is 11.8 Å². The van der Waals surface area contributed by atoms with Gasteiger partial charge in [-0.15, -0.1) is 10.2 Å². The normalized spacial score (nSPS) is 16.6. The molecule has 2 atom stereocenters. The quantitative estimate of drug-likeness (QED) is 0.576. The molecule has 1 fully saturated rings. The first-order valence-corrected chi connectivity index (χ1v) is 11.1. The molecule has 4 rings (SSSR count). The van der Waals surface area contributed by atoms with Gasteiger partial charge in [0.1, 0.15) is 17.8 Å². The molecule has 0 saturated carbocycles. The van der Waals surface area contributed by atoms with Crippen molar-refractivity contribution in [2.45, 2.75) is 31.7 Å². The lowest BCUT2D eigenvalue weighted by atomic mass is 9.97. The van der Waals surface area contributed by atoms with Crippen LogP contribution in [0.3, 0.4) is 0 Å². The Hall–Kier alpha value is -3.59. The summed E-state index contributed by atoms with van der Waals surface area (Å²) in [6, 6.07) is 11.3. The molecule has 1 saturated heterocycles. The molecule has 2 N–H and O–H groups in total. The number of benzene rings is 1. The second-order valence-corrected chi connectivity index (χ2v) is 8.50. The first-order chi connectivity index (χ1) is 15.9. The summed E-state index contributed by atoms with van der Waals surface area (Å²) < 4.78 is 1.91. The van der Waals surface area contributed by atoms with Gasteiger partial charge in [-0.3, -0.25) is 14.6 Å². The minimum Gasteiger partial charge on any atom is -0.337 e. The first-order valence-electron chi connectivity index (χ1n) is 11.1. The highest BCUT2D eigenvalue weighted by Gasteiger charge is 2.26. The van der Waals surface area contributed by atoms with Gasteiger partial charge in [-0.05, 0) is 49.2 Å². The van der Waals surface area contributed by atoms with E-state index in [-0.39, 0.29) is 23.4 Å². The summed E-state index contributed by atoms with van der Waals surface area (Å²) in [4.78, 5) is 31.7. The fraction of sp³-hybridized carbons (Fsp3) is 0.375. The van der Waals surface area contributed by atoms with E-state index in [2.05, 4.69) is 32.7 Å². The maximum Gasteiger partial charge on any atom is 0.274 e. The topological polar surface area (TPSA) is 105 Å². The van der Waals surface area contributed by atoms with Crippen LogP contribution in [0.15, 0.2) is 48.9 Å². The molecular formula is C24H29N7O2. The van der Waals surface area contributed by atoms with E-state index in [0.717, 1.165) is 24.2 Å². The summed E-state index contributed by atoms with van der Waals surface area (Å²) in [6.45, 7) is 3.48. The highest BCUT2D eigenvalue weighted by molar-refractivity contribution is 6.04. The van der Waals surface area contributed by atoms with Gasteiger partial charge in [-0.2, -0.15) is 0 Å². The molecule has 1 aliphatic rings. The number of nitrogens with zero attached hydrogens (tertiary/aromatic N) is 5. The smallest absolute Gasteiger partial charge is 0.274 e. The van der Waals surface area contributed by atoms with Crippen molar-refractivity contribution in [2.75, 3.05) is 25.5 Å². The number of carbonyl (C=O) groups is 2. The number of aromatic nitrogens is 4. The highest BCUT2D eigenvalue weighted by atomic mass is 16.2. The van der Waals surface area contributed by atoms with Gasteiger partial charge in [0, 0.05) is 50.0 Å². The number of amides is 2. The molecule has 3 heterocycles. The zero-order valence-corrected chi connectivity index (χ0v) is 19.2. The second-order valence-electron chi connectivity index (χ2n) is 8.50. The molecular weight excluding hydrogens is 418 g/mol. The lowest BCUT2D eigenvalue weighted by Crippen LogP contribution is -2.33. The van der Waals surface area contributed by atoms with Crippen molar-refractivity contribution in [3.05, 3.63) is 71.6 Å². The zero-order valence-electron chi connectivity index (χ0n) is 19.2. The van der Waals surface area contributed by atoms with Crippen LogP contribution in [0.4, 0.5) is 5.69 Å². The molecule has 3 aromatic rings. The van der Waals surface area contributed by atoms with Crippen LogP contribution in [-0.2, 0) is 13.5 Å². The van der Waals surface area contributed by atoms with Crippen molar-refractivity contribution in [2.24, 2.45) is 7.05 Å². The van der Waals surface area contributed by atoms with Crippen molar-refractivity contribution in [3.8, 4) is 0 Å². The fourth-order valence-corrected chi connectivity index (χ4v) is 4.05. The molecule has 1 aromatic carbocycles. The third kappa shape index (κ3) is 5.25. The molecule has 0 spiro atoms. The Labute approximate surface area is 193 Å². The van der Waals surface area contributed by atoms with Crippen molar-refractivity contribution < 1.29 is 9.59 Å². The molecule has 0 unspecified atom stereocenters. The van der Waals surface area contributed by atoms with Crippen molar-refractivity contribution >= 4 is 17.5 Å². The third-order valence-corrected chi connectivity index (χ3v) is 6.13. The number of aryl methyl sites for hydroxylation is 1. The zero-order chi connectivity index (χ0) is 23.4. The van der Waals surface area contributed by atoms with E-state index in [9.17, 15) is 9.59 Å². The van der Waals surface area contributed by atoms with E-state index in [1.54, 1.807) is 23.4 Å². The lowest BCUT2D eigenvalue weighted by molar-refractivity contribution is 0.0789. The minimum atomic E-state index is -0.350. The third-order valence-electron chi connectivity index (χ3n) is 6.13. The van der Waals surface area contributed by atoms with Crippen molar-refractivity contribution in [1.29, 1.82) is 0 Å². The Morgan fingerprint density at radius 1 is 1.24 bits per heavy atom. The number of pyridine rings is 1. The Kier molecular flexibility index (Phi) is 6.79. The van der Waals surface area contributed by atoms with Crippen molar-refractivity contribution in [3.63, 3.8) is 0 Å². The first kappa shape index (κ1) is 22.6. The van der Waals surface area contributed by atoms with Crippen LogP contribution < -0.4 is 10.6 Å². The van der Waals surface area contributed by atoms with Crippen molar-refractivity contribution in [1.82, 2.24) is 30.0 Å². The van der Waals surface area contributed by atoms with E-state index in [0.29, 0.717) is 30.4 Å². The molecule has 0 bridgehead atoms. The predicted molar refractivity (Wildman–Crippen MR) is 125 cm³/mol. The van der Waals surface area contributed by atoms with E-state index in [1.807, 2.05) is 42.9 Å². The Morgan fingerprint density at radius 2 is 2.09 bits per heavy atom. The molecule has 9 nitrogen and oxygen atoms in total. The van der Waals surface area contributed by atoms with Gasteiger partial charge in [-0.1, -0.05) is 19.1 Å². The van der Waals surface area contributed by atoms with E-state index < -0.39 is 0 Å². The van der Waals surface area contributed by atoms with Crippen LogP contribution in [0.1, 0.15) is 51.5 Å². The standard InChI is InChI=1S/C24H29N7O2/c1-16(11-22-29-27-15-30(22)3)17-5-4-6-19(12-17)28-23(32)21-13-18(7-9-26-21)24(33)31-10-8-20(14-31)25-2/h4-7,9,12-13,15-16,20,25H,8,10-11,14H2,1-3H3,(H,28,32)/t16-,20+/m1/s1. The molecule has 2 aromatic heterocycles. The van der Waals surface area contributed by atoms with E-state index in [4.69, 9.17) is 0 Å². The van der Waals surface area contributed by atoms with Crippen LogP contribution in [0, 0.1) is 0 Å². The number of carbonyl (C=O) groups excluding carboxylic acids is 2. The largest absolute Gasteiger partial charge is 0.337 e. The number of anilines is 1. The average Bonchev–Trinajstić information content (AvgIpc) is 3.48. The molecule has 1 aliphatic heterocycles. The number of nitrogens with one attached hydrogen (secondary N) is 2. The molecule has 0 radical (unpaired) electrons. The number of hydrogen-bond acceptors (Lipinski definition) is 6. The summed E-state index contributed by atoms with van der Waals surface area (Å²) in [7, 11) is 3.83. The summed E-state index contributed by atoms with van der Waals surface area (Å²) in [5.41, 5.74) is 2.44. The Balaban J connectivity index is 1.43. The summed E-state index contributed by atoms with van der Waals surface area (Å²) >= 11 is 0. The molecule has 9 heteroatoms. The average molecular weight is 448 g/mol. The fourth-order valence-electron chi connectivity index (χ4n) is 4.05.